The van der Waals surface area contributed by atoms with E-state index in [9.17, 15) is 0 Å². The zero-order valence-corrected chi connectivity index (χ0v) is 12.0. The van der Waals surface area contributed by atoms with Gasteiger partial charge in [-0.15, -0.1) is 0 Å². The van der Waals surface area contributed by atoms with Gasteiger partial charge in [0.2, 0.25) is 0 Å². The zero-order valence-electron chi connectivity index (χ0n) is 11.2. The van der Waals surface area contributed by atoms with E-state index in [1.54, 1.807) is 0 Å². The number of rotatable bonds is 8. The smallest absolute Gasteiger partial charge is 0.119 e. The van der Waals surface area contributed by atoms with Crippen molar-refractivity contribution in [2.75, 3.05) is 26.7 Å². The molecule has 1 aromatic rings. The second-order valence-corrected chi connectivity index (χ2v) is 4.83. The summed E-state index contributed by atoms with van der Waals surface area (Å²) in [7, 11) is 2.14. The third kappa shape index (κ3) is 5.47. The van der Waals surface area contributed by atoms with Gasteiger partial charge in [0, 0.05) is 12.1 Å². The van der Waals surface area contributed by atoms with E-state index in [-0.39, 0.29) is 0 Å². The molecule has 0 saturated heterocycles. The van der Waals surface area contributed by atoms with Crippen LogP contribution in [0, 0.1) is 0 Å². The molecule has 0 bridgehead atoms. The molecular formula is C14H22N2OS. The molecule has 0 aliphatic carbocycles. The highest BCUT2D eigenvalue weighted by molar-refractivity contribution is 7.80. The van der Waals surface area contributed by atoms with Crippen molar-refractivity contribution in [2.45, 2.75) is 19.8 Å². The molecule has 18 heavy (non-hydrogen) atoms. The predicted molar refractivity (Wildman–Crippen MR) is 80.2 cm³/mol. The molecule has 0 amide bonds. The Kier molecular flexibility index (Phi) is 6.68. The summed E-state index contributed by atoms with van der Waals surface area (Å²) in [6.07, 6.45) is 2.23. The van der Waals surface area contributed by atoms with Crippen molar-refractivity contribution in [1.29, 1.82) is 0 Å². The Morgan fingerprint density at radius 1 is 1.28 bits per heavy atom. The summed E-state index contributed by atoms with van der Waals surface area (Å²) in [4.78, 5) is 2.74. The molecular weight excluding hydrogens is 244 g/mol. The third-order valence-electron chi connectivity index (χ3n) is 2.70. The Morgan fingerprint density at radius 2 is 1.94 bits per heavy atom. The maximum absolute atomic E-state index is 5.66. The Balaban J connectivity index is 2.25. The number of nitrogens with two attached hydrogens (primary N) is 1. The van der Waals surface area contributed by atoms with Gasteiger partial charge >= 0.3 is 0 Å². The summed E-state index contributed by atoms with van der Waals surface area (Å²) < 4.78 is 5.66. The molecule has 0 spiro atoms. The van der Waals surface area contributed by atoms with Crippen LogP contribution in [0.15, 0.2) is 24.3 Å². The summed E-state index contributed by atoms with van der Waals surface area (Å²) in [5, 5.41) is 0. The summed E-state index contributed by atoms with van der Waals surface area (Å²) in [6, 6.07) is 7.59. The molecule has 3 nitrogen and oxygen atoms in total. The van der Waals surface area contributed by atoms with E-state index in [2.05, 4.69) is 18.9 Å². The van der Waals surface area contributed by atoms with Crippen LogP contribution in [0.1, 0.15) is 25.3 Å². The van der Waals surface area contributed by atoms with Crippen molar-refractivity contribution in [3.8, 4) is 5.75 Å². The largest absolute Gasteiger partial charge is 0.494 e. The van der Waals surface area contributed by atoms with E-state index in [4.69, 9.17) is 22.7 Å². The Hall–Kier alpha value is -1.13. The molecule has 0 unspecified atom stereocenters. The van der Waals surface area contributed by atoms with Crippen LogP contribution in [-0.2, 0) is 0 Å². The van der Waals surface area contributed by atoms with Crippen LogP contribution < -0.4 is 10.5 Å². The lowest BCUT2D eigenvalue weighted by Gasteiger charge is -2.15. The molecule has 0 aromatic heterocycles. The van der Waals surface area contributed by atoms with E-state index >= 15 is 0 Å². The number of hydrogen-bond donors (Lipinski definition) is 1. The highest BCUT2D eigenvalue weighted by Gasteiger charge is 1.99. The molecule has 0 radical (unpaired) electrons. The van der Waals surface area contributed by atoms with Crippen LogP contribution in [0.2, 0.25) is 0 Å². The predicted octanol–water partition coefficient (Wildman–Crippen LogP) is 2.43. The van der Waals surface area contributed by atoms with Crippen molar-refractivity contribution in [3.05, 3.63) is 29.8 Å². The van der Waals surface area contributed by atoms with Crippen molar-refractivity contribution >= 4 is 17.2 Å². The van der Waals surface area contributed by atoms with E-state index in [0.717, 1.165) is 37.4 Å². The van der Waals surface area contributed by atoms with Crippen molar-refractivity contribution < 1.29 is 4.74 Å². The molecule has 0 saturated carbocycles. The fraction of sp³-hybridized carbons (Fsp3) is 0.500. The first-order valence-corrected chi connectivity index (χ1v) is 6.75. The minimum absolute atomic E-state index is 0.419. The fourth-order valence-corrected chi connectivity index (χ4v) is 1.87. The number of hydrogen-bond acceptors (Lipinski definition) is 3. The van der Waals surface area contributed by atoms with Gasteiger partial charge in [0.05, 0.1) is 6.61 Å². The molecule has 0 aliphatic heterocycles. The average molecular weight is 266 g/mol. The summed E-state index contributed by atoms with van der Waals surface area (Å²) in [5.74, 6) is 0.869. The van der Waals surface area contributed by atoms with Crippen molar-refractivity contribution in [2.24, 2.45) is 5.73 Å². The maximum Gasteiger partial charge on any atom is 0.119 e. The lowest BCUT2D eigenvalue weighted by Crippen LogP contribution is -2.21. The quantitative estimate of drug-likeness (QED) is 0.579. The Bertz CT molecular complexity index is 365. The number of nitrogens with zero attached hydrogens (tertiary/aromatic N) is 1. The maximum atomic E-state index is 5.66. The molecule has 4 heteroatoms. The van der Waals surface area contributed by atoms with Crippen LogP contribution in [-0.4, -0.2) is 36.6 Å². The van der Waals surface area contributed by atoms with E-state index < -0.39 is 0 Å². The van der Waals surface area contributed by atoms with Crippen LogP contribution >= 0.6 is 12.2 Å². The van der Waals surface area contributed by atoms with E-state index in [1.807, 2.05) is 24.3 Å². The van der Waals surface area contributed by atoms with Crippen molar-refractivity contribution in [3.63, 3.8) is 0 Å². The van der Waals surface area contributed by atoms with Crippen LogP contribution in [0.5, 0.6) is 5.75 Å². The van der Waals surface area contributed by atoms with Crippen molar-refractivity contribution in [1.82, 2.24) is 4.90 Å². The summed E-state index contributed by atoms with van der Waals surface area (Å²) in [6.45, 7) is 5.14. The number of ether oxygens (including phenoxy) is 1. The van der Waals surface area contributed by atoms with Gasteiger partial charge in [-0.2, -0.15) is 0 Å². The normalized spacial score (nSPS) is 10.6. The Labute approximate surface area is 115 Å². The zero-order chi connectivity index (χ0) is 13.4. The van der Waals surface area contributed by atoms with E-state index in [0.29, 0.717) is 4.99 Å². The SMILES string of the molecule is CCCN(C)CCCOc1ccc(C(N)=S)cc1. The minimum Gasteiger partial charge on any atom is -0.494 e. The summed E-state index contributed by atoms with van der Waals surface area (Å²) in [5.41, 5.74) is 6.41. The van der Waals surface area contributed by atoms with Gasteiger partial charge < -0.3 is 15.4 Å². The van der Waals surface area contributed by atoms with Gasteiger partial charge in [0.15, 0.2) is 0 Å². The van der Waals surface area contributed by atoms with Gasteiger partial charge in [-0.05, 0) is 50.7 Å². The molecule has 1 rings (SSSR count). The molecule has 100 valence electrons. The van der Waals surface area contributed by atoms with Gasteiger partial charge in [0.25, 0.3) is 0 Å². The second-order valence-electron chi connectivity index (χ2n) is 4.39. The minimum atomic E-state index is 0.419. The highest BCUT2D eigenvalue weighted by Crippen LogP contribution is 2.12. The molecule has 1 aromatic carbocycles. The fourth-order valence-electron chi connectivity index (χ4n) is 1.73. The lowest BCUT2D eigenvalue weighted by molar-refractivity contribution is 0.263. The van der Waals surface area contributed by atoms with Gasteiger partial charge in [0.1, 0.15) is 10.7 Å². The molecule has 2 N–H and O–H groups in total. The lowest BCUT2D eigenvalue weighted by atomic mass is 10.2. The highest BCUT2D eigenvalue weighted by atomic mass is 32.1. The van der Waals surface area contributed by atoms with E-state index in [1.165, 1.54) is 6.42 Å². The molecule has 0 heterocycles. The average Bonchev–Trinajstić information content (AvgIpc) is 2.35. The monoisotopic (exact) mass is 266 g/mol. The first kappa shape index (κ1) is 14.9. The molecule has 0 fully saturated rings. The van der Waals surface area contributed by atoms with Gasteiger partial charge in [-0.25, -0.2) is 0 Å². The topological polar surface area (TPSA) is 38.5 Å². The van der Waals surface area contributed by atoms with Gasteiger partial charge in [-0.1, -0.05) is 19.1 Å². The van der Waals surface area contributed by atoms with Crippen LogP contribution in [0.4, 0.5) is 0 Å². The number of thiocarbonyl (C=S) groups is 1. The Morgan fingerprint density at radius 3 is 2.50 bits per heavy atom. The molecule has 0 aliphatic rings. The van der Waals surface area contributed by atoms with Gasteiger partial charge in [-0.3, -0.25) is 0 Å². The first-order valence-electron chi connectivity index (χ1n) is 6.34. The molecule has 0 atom stereocenters. The second kappa shape index (κ2) is 8.06. The third-order valence-corrected chi connectivity index (χ3v) is 2.93. The first-order chi connectivity index (χ1) is 8.63. The number of benzene rings is 1. The summed E-state index contributed by atoms with van der Waals surface area (Å²) >= 11 is 4.90. The van der Waals surface area contributed by atoms with Crippen LogP contribution in [0.25, 0.3) is 0 Å². The standard InChI is InChI=1S/C14H22N2OS/c1-3-9-16(2)10-4-11-17-13-7-5-12(6-8-13)14(15)18/h5-8H,3-4,9-11H2,1-2H3,(H2,15,18). The van der Waals surface area contributed by atoms with Crippen LogP contribution in [0.3, 0.4) is 0 Å².